The summed E-state index contributed by atoms with van der Waals surface area (Å²) in [5.41, 5.74) is 5.83. The summed E-state index contributed by atoms with van der Waals surface area (Å²) < 4.78 is 12.7. The highest BCUT2D eigenvalue weighted by atomic mass is 16.5. The van der Waals surface area contributed by atoms with Crippen molar-refractivity contribution < 1.29 is 13.9 Å². The van der Waals surface area contributed by atoms with Crippen molar-refractivity contribution in [3.05, 3.63) is 150 Å². The number of fused-ring (bicyclic) bond motifs is 1. The van der Waals surface area contributed by atoms with Crippen LogP contribution in [0.5, 0.6) is 0 Å². The number of anilines is 1. The van der Waals surface area contributed by atoms with Gasteiger partial charge in [-0.2, -0.15) is 0 Å². The maximum absolute atomic E-state index is 12.9. The molecule has 1 aliphatic rings. The number of esters is 1. The molecule has 1 aliphatic heterocycles. The number of hydrogen-bond acceptors (Lipinski definition) is 6. The zero-order valence-electron chi connectivity index (χ0n) is 32.0. The Bertz CT molecular complexity index is 1920. The molecule has 0 spiro atoms. The molecule has 0 aliphatic carbocycles. The first kappa shape index (κ1) is 40.1. The molecule has 284 valence electrons. The molecule has 0 unspecified atom stereocenters. The quantitative estimate of drug-likeness (QED) is 0.0368. The van der Waals surface area contributed by atoms with Crippen molar-refractivity contribution in [2.45, 2.75) is 84.4 Å². The van der Waals surface area contributed by atoms with Gasteiger partial charge in [0.05, 0.1) is 11.2 Å². The van der Waals surface area contributed by atoms with Gasteiger partial charge in [0.25, 0.3) is 0 Å². The van der Waals surface area contributed by atoms with Gasteiger partial charge in [-0.05, 0) is 86.3 Å². The van der Waals surface area contributed by atoms with Gasteiger partial charge in [0, 0.05) is 39.1 Å². The Balaban J connectivity index is 0.969. The largest absolute Gasteiger partial charge is 0.444 e. The summed E-state index contributed by atoms with van der Waals surface area (Å²) in [7, 11) is 0. The number of oxazole rings is 1. The van der Waals surface area contributed by atoms with E-state index < -0.39 is 5.76 Å². The summed E-state index contributed by atoms with van der Waals surface area (Å²) in [4.78, 5) is 30.1. The van der Waals surface area contributed by atoms with Gasteiger partial charge >= 0.3 is 11.7 Å². The van der Waals surface area contributed by atoms with Gasteiger partial charge in [-0.15, -0.1) is 0 Å². The number of aromatic nitrogens is 1. The fraction of sp³-hybridized carbons (Fsp3) is 0.362. The molecule has 0 N–H and O–H groups in total. The molecular formula is C47H57N3O4. The Morgan fingerprint density at radius 2 is 1.44 bits per heavy atom. The molecule has 1 fully saturated rings. The van der Waals surface area contributed by atoms with E-state index in [2.05, 4.69) is 126 Å². The number of ether oxygens (including phenoxy) is 1. The maximum Gasteiger partial charge on any atom is 0.422 e. The molecule has 0 atom stereocenters. The van der Waals surface area contributed by atoms with Crippen LogP contribution >= 0.6 is 0 Å². The van der Waals surface area contributed by atoms with Crippen LogP contribution in [0.15, 0.2) is 143 Å². The number of para-hydroxylation sites is 1. The smallest absolute Gasteiger partial charge is 0.422 e. The number of carbonyl (C=O) groups excluding carboxylic acids is 1. The summed E-state index contributed by atoms with van der Waals surface area (Å²) in [5, 5.41) is 0. The average molecular weight is 728 g/mol. The predicted octanol–water partition coefficient (Wildman–Crippen LogP) is 10.8. The third-order valence-electron chi connectivity index (χ3n) is 9.60. The molecule has 54 heavy (non-hydrogen) atoms. The topological polar surface area (TPSA) is 67.9 Å². The molecule has 0 saturated carbocycles. The van der Waals surface area contributed by atoms with Crippen LogP contribution in [0.3, 0.4) is 0 Å². The third kappa shape index (κ3) is 13.1. The Hall–Kier alpha value is -5.14. The number of piperazine rings is 1. The van der Waals surface area contributed by atoms with E-state index in [-0.39, 0.29) is 12.7 Å². The van der Waals surface area contributed by atoms with E-state index in [0.717, 1.165) is 96.2 Å². The van der Waals surface area contributed by atoms with Gasteiger partial charge in [0.15, 0.2) is 12.3 Å². The minimum Gasteiger partial charge on any atom is -0.444 e. The molecule has 4 aromatic rings. The van der Waals surface area contributed by atoms with Crippen LogP contribution in [0.1, 0.15) is 76.7 Å². The second-order valence-electron chi connectivity index (χ2n) is 13.7. The van der Waals surface area contributed by atoms with E-state index in [1.165, 1.54) is 21.3 Å². The maximum atomic E-state index is 12.9. The molecule has 7 nitrogen and oxygen atoms in total. The fourth-order valence-electron chi connectivity index (χ4n) is 6.62. The monoisotopic (exact) mass is 727 g/mol. The Morgan fingerprint density at radius 3 is 2.28 bits per heavy atom. The summed E-state index contributed by atoms with van der Waals surface area (Å²) in [6, 6.07) is 25.0. The van der Waals surface area contributed by atoms with Crippen LogP contribution in [0, 0.1) is 0 Å². The second kappa shape index (κ2) is 22.8. The number of unbranched alkanes of at least 4 members (excludes halogenated alkanes) is 4. The molecule has 5 rings (SSSR count). The van der Waals surface area contributed by atoms with Gasteiger partial charge in [0.1, 0.15) is 0 Å². The minimum atomic E-state index is -0.515. The van der Waals surface area contributed by atoms with Crippen molar-refractivity contribution in [3.8, 4) is 11.1 Å². The van der Waals surface area contributed by atoms with Crippen molar-refractivity contribution in [1.29, 1.82) is 0 Å². The van der Waals surface area contributed by atoms with Crippen LogP contribution in [0.25, 0.3) is 22.2 Å². The molecule has 1 aromatic heterocycles. The van der Waals surface area contributed by atoms with Gasteiger partial charge in [-0.25, -0.2) is 9.36 Å². The van der Waals surface area contributed by atoms with E-state index in [9.17, 15) is 9.59 Å². The van der Waals surface area contributed by atoms with E-state index in [4.69, 9.17) is 9.15 Å². The molecule has 0 bridgehead atoms. The number of nitrogens with zero attached hydrogens (tertiary/aromatic N) is 3. The zero-order valence-corrected chi connectivity index (χ0v) is 32.0. The van der Waals surface area contributed by atoms with Gasteiger partial charge in [-0.3, -0.25) is 9.69 Å². The van der Waals surface area contributed by atoms with Gasteiger partial charge < -0.3 is 14.1 Å². The fourth-order valence-corrected chi connectivity index (χ4v) is 6.62. The standard InChI is InChI=1S/C47H57N3O4/c1-2-3-4-5-6-7-8-9-10-11-12-13-14-15-16-17-18-19-23-32-45(51)53-39-50-44-31-25-30-43(46(44)54-47(50)52)49-35-33-48(34-36-49)38-40-26-24-29-42(37-40)41-27-21-20-22-28-41/h3-4,6-7,10-13,15-16,20-22,24-31,37H,2,5,8-9,14,17-19,23,32-36,38-39H2,1H3/b4-3-,7-6-,11-10+,13-12-,16-15-. The molecule has 7 heteroatoms. The molecule has 1 saturated heterocycles. The minimum absolute atomic E-state index is 0.149. The highest BCUT2D eigenvalue weighted by molar-refractivity contribution is 5.87. The van der Waals surface area contributed by atoms with Crippen molar-refractivity contribution in [2.75, 3.05) is 31.1 Å². The molecule has 3 aromatic carbocycles. The van der Waals surface area contributed by atoms with Crippen LogP contribution in [-0.4, -0.2) is 41.6 Å². The Labute approximate surface area is 321 Å². The highest BCUT2D eigenvalue weighted by Gasteiger charge is 2.22. The summed E-state index contributed by atoms with van der Waals surface area (Å²) in [5.74, 6) is -0.814. The summed E-state index contributed by atoms with van der Waals surface area (Å²) >= 11 is 0. The lowest BCUT2D eigenvalue weighted by molar-refractivity contribution is -0.147. The first-order valence-corrected chi connectivity index (χ1v) is 19.8. The SMILES string of the molecule is CC/C=C\C/C=C\CC/C=C/C=C\C/C=C\CCCCCC(=O)OCn1c(=O)oc2c(N3CCN(Cc4cccc(-c5ccccc5)c4)CC3)cccc21. The lowest BCUT2D eigenvalue weighted by atomic mass is 10.0. The van der Waals surface area contributed by atoms with E-state index >= 15 is 0 Å². The highest BCUT2D eigenvalue weighted by Crippen LogP contribution is 2.28. The second-order valence-corrected chi connectivity index (χ2v) is 13.7. The summed E-state index contributed by atoms with van der Waals surface area (Å²) in [6.07, 6.45) is 31.2. The van der Waals surface area contributed by atoms with Gasteiger partial charge in [-0.1, -0.05) is 129 Å². The zero-order chi connectivity index (χ0) is 37.6. The molecule has 0 radical (unpaired) electrons. The normalized spacial score (nSPS) is 14.3. The molecule has 0 amide bonds. The predicted molar refractivity (Wildman–Crippen MR) is 223 cm³/mol. The molecular weight excluding hydrogens is 671 g/mol. The summed E-state index contributed by atoms with van der Waals surface area (Å²) in [6.45, 7) is 6.34. The van der Waals surface area contributed by atoms with Gasteiger partial charge in [0.2, 0.25) is 0 Å². The number of benzene rings is 3. The van der Waals surface area contributed by atoms with E-state index in [0.29, 0.717) is 17.5 Å². The Kier molecular flexibility index (Phi) is 16.9. The van der Waals surface area contributed by atoms with E-state index in [1.54, 1.807) is 0 Å². The van der Waals surface area contributed by atoms with Crippen molar-refractivity contribution in [2.24, 2.45) is 0 Å². The van der Waals surface area contributed by atoms with Crippen LogP contribution in [0.4, 0.5) is 5.69 Å². The van der Waals surface area contributed by atoms with Crippen molar-refractivity contribution in [3.63, 3.8) is 0 Å². The average Bonchev–Trinajstić information content (AvgIpc) is 3.53. The van der Waals surface area contributed by atoms with Crippen LogP contribution < -0.4 is 10.7 Å². The lowest BCUT2D eigenvalue weighted by Crippen LogP contribution is -2.46. The first-order valence-electron chi connectivity index (χ1n) is 19.8. The van der Waals surface area contributed by atoms with Crippen molar-refractivity contribution >= 4 is 22.8 Å². The molecule has 2 heterocycles. The number of rotatable bonds is 21. The number of carbonyl (C=O) groups is 1. The van der Waals surface area contributed by atoms with Crippen LogP contribution in [-0.2, 0) is 22.8 Å². The third-order valence-corrected chi connectivity index (χ3v) is 9.60. The number of hydrogen-bond donors (Lipinski definition) is 0. The van der Waals surface area contributed by atoms with E-state index in [1.807, 2.05) is 24.3 Å². The lowest BCUT2D eigenvalue weighted by Gasteiger charge is -2.36. The van der Waals surface area contributed by atoms with Crippen LogP contribution in [0.2, 0.25) is 0 Å². The first-order chi connectivity index (χ1) is 26.6. The van der Waals surface area contributed by atoms with Crippen molar-refractivity contribution in [1.82, 2.24) is 9.47 Å². The Morgan fingerprint density at radius 1 is 0.722 bits per heavy atom. The number of allylic oxidation sites excluding steroid dienone is 10.